The normalized spacial score (nSPS) is 10.5. The van der Waals surface area contributed by atoms with Gasteiger partial charge in [0.25, 0.3) is 0 Å². The van der Waals surface area contributed by atoms with E-state index in [9.17, 15) is 0 Å². The number of ether oxygens (including phenoxy) is 2. The van der Waals surface area contributed by atoms with Crippen LogP contribution in [-0.4, -0.2) is 14.2 Å². The summed E-state index contributed by atoms with van der Waals surface area (Å²) in [6, 6.07) is 8.19. The second kappa shape index (κ2) is 6.27. The molecule has 0 heterocycles. The van der Waals surface area contributed by atoms with Crippen LogP contribution in [0.25, 0.3) is 5.57 Å². The fraction of sp³-hybridized carbons (Fsp3) is 0.300. The van der Waals surface area contributed by atoms with Crippen LogP contribution in [0.3, 0.4) is 0 Å². The number of methoxy groups -OCH3 is 2. The maximum Gasteiger partial charge on any atom is 0.122 e. The second-order valence-electron chi connectivity index (χ2n) is 5.61. The minimum absolute atomic E-state index is 0.914. The lowest BCUT2D eigenvalue weighted by atomic mass is 9.89. The summed E-state index contributed by atoms with van der Waals surface area (Å²) < 4.78 is 10.8. The van der Waals surface area contributed by atoms with Gasteiger partial charge in [0, 0.05) is 0 Å². The quantitative estimate of drug-likeness (QED) is 0.790. The van der Waals surface area contributed by atoms with E-state index in [0.717, 1.165) is 39.3 Å². The molecule has 0 radical (unpaired) electrons. The summed E-state index contributed by atoms with van der Waals surface area (Å²) in [7, 11) is 3.40. The highest BCUT2D eigenvalue weighted by atomic mass is 16.5. The van der Waals surface area contributed by atoms with Crippen LogP contribution in [0.4, 0.5) is 0 Å². The first-order valence-corrected chi connectivity index (χ1v) is 7.40. The van der Waals surface area contributed by atoms with Gasteiger partial charge in [0.2, 0.25) is 0 Å². The van der Waals surface area contributed by atoms with Gasteiger partial charge in [0.05, 0.1) is 14.2 Å². The average Bonchev–Trinajstić information content (AvgIpc) is 2.52. The highest BCUT2D eigenvalue weighted by Gasteiger charge is 2.14. The van der Waals surface area contributed by atoms with Crippen LogP contribution in [0.5, 0.6) is 11.5 Å². The zero-order chi connectivity index (χ0) is 16.4. The van der Waals surface area contributed by atoms with Crippen molar-refractivity contribution in [2.75, 3.05) is 14.2 Å². The molecule has 0 N–H and O–H groups in total. The standard InChI is InChI=1S/C20H24O2/c1-12-14(3)19(21-6)10-8-17(12)16(5)18-9-11-20(22-7)15(4)13(18)2/h8-11H,5H2,1-4,6-7H3. The number of hydrogen-bond donors (Lipinski definition) is 0. The molecule has 116 valence electrons. The Morgan fingerprint density at radius 2 is 1.05 bits per heavy atom. The van der Waals surface area contributed by atoms with Crippen molar-refractivity contribution in [1.82, 2.24) is 0 Å². The Balaban J connectivity index is 2.54. The van der Waals surface area contributed by atoms with Crippen LogP contribution < -0.4 is 9.47 Å². The van der Waals surface area contributed by atoms with Crippen molar-refractivity contribution in [3.63, 3.8) is 0 Å². The van der Waals surface area contributed by atoms with E-state index in [1.807, 2.05) is 12.1 Å². The van der Waals surface area contributed by atoms with Crippen LogP contribution >= 0.6 is 0 Å². The molecule has 0 amide bonds. The van der Waals surface area contributed by atoms with Crippen molar-refractivity contribution in [1.29, 1.82) is 0 Å². The Morgan fingerprint density at radius 1 is 0.682 bits per heavy atom. The van der Waals surface area contributed by atoms with Gasteiger partial charge >= 0.3 is 0 Å². The predicted molar refractivity (Wildman–Crippen MR) is 93.1 cm³/mol. The smallest absolute Gasteiger partial charge is 0.122 e. The summed E-state index contributed by atoms with van der Waals surface area (Å²) in [5.74, 6) is 1.83. The third-order valence-corrected chi connectivity index (χ3v) is 4.57. The molecule has 0 unspecified atom stereocenters. The van der Waals surface area contributed by atoms with Crippen molar-refractivity contribution in [3.05, 3.63) is 64.2 Å². The summed E-state index contributed by atoms with van der Waals surface area (Å²) in [6.45, 7) is 12.7. The molecular formula is C20H24O2. The zero-order valence-electron chi connectivity index (χ0n) is 14.3. The minimum atomic E-state index is 0.914. The second-order valence-corrected chi connectivity index (χ2v) is 5.61. The van der Waals surface area contributed by atoms with Crippen LogP contribution in [0, 0.1) is 27.7 Å². The third kappa shape index (κ3) is 2.61. The molecule has 0 aromatic heterocycles. The fourth-order valence-corrected chi connectivity index (χ4v) is 2.83. The maximum absolute atomic E-state index is 5.39. The Bertz CT molecular complexity index is 665. The lowest BCUT2D eigenvalue weighted by Crippen LogP contribution is -1.99. The van der Waals surface area contributed by atoms with Gasteiger partial charge in [-0.25, -0.2) is 0 Å². The van der Waals surface area contributed by atoms with Gasteiger partial charge < -0.3 is 9.47 Å². The van der Waals surface area contributed by atoms with Gasteiger partial charge in [-0.05, 0) is 78.8 Å². The summed E-state index contributed by atoms with van der Waals surface area (Å²) in [5.41, 5.74) is 8.07. The van der Waals surface area contributed by atoms with Gasteiger partial charge in [0.15, 0.2) is 0 Å². The van der Waals surface area contributed by atoms with Crippen molar-refractivity contribution in [2.45, 2.75) is 27.7 Å². The highest BCUT2D eigenvalue weighted by molar-refractivity contribution is 5.83. The van der Waals surface area contributed by atoms with E-state index in [4.69, 9.17) is 9.47 Å². The van der Waals surface area contributed by atoms with Gasteiger partial charge in [-0.1, -0.05) is 18.7 Å². The molecule has 22 heavy (non-hydrogen) atoms. The number of benzene rings is 2. The first-order valence-electron chi connectivity index (χ1n) is 7.40. The molecule has 2 nitrogen and oxygen atoms in total. The molecule has 2 aromatic carbocycles. The van der Waals surface area contributed by atoms with Crippen molar-refractivity contribution in [2.24, 2.45) is 0 Å². The molecule has 0 saturated carbocycles. The summed E-state index contributed by atoms with van der Waals surface area (Å²) in [6.07, 6.45) is 0. The van der Waals surface area contributed by atoms with Crippen molar-refractivity contribution < 1.29 is 9.47 Å². The van der Waals surface area contributed by atoms with Gasteiger partial charge in [-0.15, -0.1) is 0 Å². The first-order chi connectivity index (χ1) is 10.4. The Kier molecular flexibility index (Phi) is 4.60. The van der Waals surface area contributed by atoms with Crippen molar-refractivity contribution in [3.8, 4) is 11.5 Å². The summed E-state index contributed by atoms with van der Waals surface area (Å²) in [5, 5.41) is 0. The number of hydrogen-bond acceptors (Lipinski definition) is 2. The molecule has 2 aromatic rings. The monoisotopic (exact) mass is 296 g/mol. The van der Waals surface area contributed by atoms with E-state index in [0.29, 0.717) is 0 Å². The molecule has 0 aliphatic rings. The Hall–Kier alpha value is -2.22. The Morgan fingerprint density at radius 3 is 1.36 bits per heavy atom. The topological polar surface area (TPSA) is 18.5 Å². The molecule has 0 fully saturated rings. The highest BCUT2D eigenvalue weighted by Crippen LogP contribution is 2.34. The molecule has 0 aliphatic carbocycles. The van der Waals surface area contributed by atoms with E-state index < -0.39 is 0 Å². The molecular weight excluding hydrogens is 272 g/mol. The SMILES string of the molecule is C=C(c1ccc(OC)c(C)c1C)c1ccc(OC)c(C)c1C. The van der Waals surface area contributed by atoms with E-state index in [2.05, 4.69) is 46.4 Å². The van der Waals surface area contributed by atoms with E-state index in [1.165, 1.54) is 11.1 Å². The zero-order valence-corrected chi connectivity index (χ0v) is 14.3. The lowest BCUT2D eigenvalue weighted by molar-refractivity contribution is 0.411. The largest absolute Gasteiger partial charge is 0.496 e. The Labute approximate surface area is 133 Å². The molecule has 0 aliphatic heterocycles. The van der Waals surface area contributed by atoms with Crippen LogP contribution in [0.2, 0.25) is 0 Å². The number of rotatable bonds is 4. The van der Waals surface area contributed by atoms with Gasteiger partial charge in [-0.2, -0.15) is 0 Å². The van der Waals surface area contributed by atoms with E-state index in [-0.39, 0.29) is 0 Å². The third-order valence-electron chi connectivity index (χ3n) is 4.57. The molecule has 0 saturated heterocycles. The predicted octanol–water partition coefficient (Wildman–Crippen LogP) is 5.00. The van der Waals surface area contributed by atoms with E-state index in [1.54, 1.807) is 14.2 Å². The lowest BCUT2D eigenvalue weighted by Gasteiger charge is -2.18. The molecule has 2 rings (SSSR count). The van der Waals surface area contributed by atoms with Gasteiger partial charge in [-0.3, -0.25) is 0 Å². The molecule has 0 bridgehead atoms. The molecule has 0 atom stereocenters. The van der Waals surface area contributed by atoms with Gasteiger partial charge in [0.1, 0.15) is 11.5 Å². The average molecular weight is 296 g/mol. The van der Waals surface area contributed by atoms with Crippen LogP contribution in [0.1, 0.15) is 33.4 Å². The maximum atomic E-state index is 5.39. The minimum Gasteiger partial charge on any atom is -0.496 e. The summed E-state index contributed by atoms with van der Waals surface area (Å²) in [4.78, 5) is 0. The van der Waals surface area contributed by atoms with Crippen LogP contribution in [-0.2, 0) is 0 Å². The molecule has 0 spiro atoms. The summed E-state index contributed by atoms with van der Waals surface area (Å²) >= 11 is 0. The molecule has 2 heteroatoms. The first kappa shape index (κ1) is 16.2. The van der Waals surface area contributed by atoms with Crippen molar-refractivity contribution >= 4 is 5.57 Å². The van der Waals surface area contributed by atoms with Crippen LogP contribution in [0.15, 0.2) is 30.8 Å². The fourth-order valence-electron chi connectivity index (χ4n) is 2.83. The van der Waals surface area contributed by atoms with E-state index >= 15 is 0 Å².